The van der Waals surface area contributed by atoms with Gasteiger partial charge in [-0.05, 0) is 65.9 Å². The van der Waals surface area contributed by atoms with Crippen molar-refractivity contribution >= 4 is 46.0 Å². The van der Waals surface area contributed by atoms with Crippen molar-refractivity contribution in [2.24, 2.45) is 5.10 Å². The van der Waals surface area contributed by atoms with E-state index in [0.29, 0.717) is 17.0 Å². The van der Waals surface area contributed by atoms with Crippen molar-refractivity contribution in [3.63, 3.8) is 0 Å². The zero-order valence-corrected chi connectivity index (χ0v) is 16.2. The van der Waals surface area contributed by atoms with Crippen molar-refractivity contribution in [2.45, 2.75) is 6.92 Å². The standard InChI is InChI=1S/C21H15IN2O2/c1-14-18(21(25)24(23-14)15-7-3-2-4-8-15)13-16-11-12-20(26-16)17-9-5-6-10-19(17)22/h2-13H,1H3/b18-13+. The second kappa shape index (κ2) is 6.92. The minimum absolute atomic E-state index is 0.152. The Bertz CT molecular complexity index is 1030. The minimum Gasteiger partial charge on any atom is -0.457 e. The van der Waals surface area contributed by atoms with Gasteiger partial charge in [0.05, 0.1) is 17.0 Å². The van der Waals surface area contributed by atoms with Crippen molar-refractivity contribution in [1.82, 2.24) is 0 Å². The fourth-order valence-electron chi connectivity index (χ4n) is 2.81. The summed E-state index contributed by atoms with van der Waals surface area (Å²) < 4.78 is 7.06. The summed E-state index contributed by atoms with van der Waals surface area (Å²) in [5.74, 6) is 1.26. The van der Waals surface area contributed by atoms with E-state index in [1.807, 2.05) is 73.7 Å². The van der Waals surface area contributed by atoms with E-state index in [1.165, 1.54) is 5.01 Å². The number of para-hydroxylation sites is 1. The molecule has 0 saturated heterocycles. The third-order valence-corrected chi connectivity index (χ3v) is 5.06. The van der Waals surface area contributed by atoms with E-state index in [0.717, 1.165) is 20.6 Å². The molecule has 1 aliphatic rings. The Hall–Kier alpha value is -2.67. The monoisotopic (exact) mass is 454 g/mol. The highest BCUT2D eigenvalue weighted by atomic mass is 127. The van der Waals surface area contributed by atoms with Crippen LogP contribution in [0.15, 0.2) is 81.8 Å². The van der Waals surface area contributed by atoms with Crippen LogP contribution >= 0.6 is 22.6 Å². The summed E-state index contributed by atoms with van der Waals surface area (Å²) in [6.07, 6.45) is 1.75. The Morgan fingerprint density at radius 3 is 2.50 bits per heavy atom. The van der Waals surface area contributed by atoms with E-state index in [9.17, 15) is 4.79 Å². The van der Waals surface area contributed by atoms with Gasteiger partial charge in [-0.25, -0.2) is 0 Å². The molecule has 1 aliphatic heterocycles. The van der Waals surface area contributed by atoms with Crippen molar-refractivity contribution in [3.8, 4) is 11.3 Å². The molecule has 0 aliphatic carbocycles. The number of benzene rings is 2. The van der Waals surface area contributed by atoms with Crippen LogP contribution in [0.3, 0.4) is 0 Å². The van der Waals surface area contributed by atoms with Crippen LogP contribution in [0.1, 0.15) is 12.7 Å². The molecular formula is C21H15IN2O2. The number of hydrazone groups is 1. The average molecular weight is 454 g/mol. The lowest BCUT2D eigenvalue weighted by molar-refractivity contribution is -0.114. The molecule has 1 aromatic heterocycles. The number of carbonyl (C=O) groups is 1. The molecule has 26 heavy (non-hydrogen) atoms. The molecular weight excluding hydrogens is 439 g/mol. The molecule has 0 atom stereocenters. The zero-order valence-electron chi connectivity index (χ0n) is 14.0. The van der Waals surface area contributed by atoms with Gasteiger partial charge in [-0.1, -0.05) is 36.4 Å². The minimum atomic E-state index is -0.152. The molecule has 4 nitrogen and oxygen atoms in total. The second-order valence-electron chi connectivity index (χ2n) is 5.88. The van der Waals surface area contributed by atoms with Gasteiger partial charge in [0, 0.05) is 9.13 Å². The summed E-state index contributed by atoms with van der Waals surface area (Å²) in [4.78, 5) is 12.8. The van der Waals surface area contributed by atoms with Crippen LogP contribution in [0.25, 0.3) is 17.4 Å². The van der Waals surface area contributed by atoms with Gasteiger partial charge in [-0.3, -0.25) is 4.79 Å². The molecule has 0 bridgehead atoms. The Labute approximate surface area is 165 Å². The van der Waals surface area contributed by atoms with Crippen molar-refractivity contribution in [3.05, 3.63) is 81.6 Å². The maximum Gasteiger partial charge on any atom is 0.280 e. The van der Waals surface area contributed by atoms with Gasteiger partial charge < -0.3 is 4.42 Å². The summed E-state index contributed by atoms with van der Waals surface area (Å²) in [5.41, 5.74) is 3.00. The largest absolute Gasteiger partial charge is 0.457 e. The fourth-order valence-corrected chi connectivity index (χ4v) is 3.46. The van der Waals surface area contributed by atoms with E-state index in [1.54, 1.807) is 6.08 Å². The first-order valence-corrected chi connectivity index (χ1v) is 9.23. The van der Waals surface area contributed by atoms with Crippen LogP contribution < -0.4 is 5.01 Å². The number of rotatable bonds is 3. The van der Waals surface area contributed by atoms with Crippen LogP contribution in [-0.2, 0) is 4.79 Å². The first kappa shape index (κ1) is 16.8. The maximum absolute atomic E-state index is 12.8. The molecule has 0 N–H and O–H groups in total. The lowest BCUT2D eigenvalue weighted by atomic mass is 10.1. The first-order chi connectivity index (χ1) is 12.6. The van der Waals surface area contributed by atoms with Gasteiger partial charge in [0.15, 0.2) is 0 Å². The molecule has 2 heterocycles. The molecule has 2 aromatic carbocycles. The van der Waals surface area contributed by atoms with Crippen LogP contribution in [0.5, 0.6) is 0 Å². The molecule has 3 aromatic rings. The van der Waals surface area contributed by atoms with Gasteiger partial charge >= 0.3 is 0 Å². The Kier molecular flexibility index (Phi) is 4.46. The number of furan rings is 1. The van der Waals surface area contributed by atoms with E-state index >= 15 is 0 Å². The molecule has 5 heteroatoms. The Morgan fingerprint density at radius 2 is 1.73 bits per heavy atom. The molecule has 0 fully saturated rings. The smallest absolute Gasteiger partial charge is 0.280 e. The van der Waals surface area contributed by atoms with Gasteiger partial charge in [0.2, 0.25) is 0 Å². The number of amides is 1. The second-order valence-corrected chi connectivity index (χ2v) is 7.04. The lowest BCUT2D eigenvalue weighted by Gasteiger charge is -2.10. The number of anilines is 1. The van der Waals surface area contributed by atoms with Crippen molar-refractivity contribution in [1.29, 1.82) is 0 Å². The molecule has 0 unspecified atom stereocenters. The van der Waals surface area contributed by atoms with Gasteiger partial charge in [0.1, 0.15) is 11.5 Å². The third-order valence-electron chi connectivity index (χ3n) is 4.12. The van der Waals surface area contributed by atoms with Gasteiger partial charge in [0.25, 0.3) is 5.91 Å². The highest BCUT2D eigenvalue weighted by Gasteiger charge is 2.28. The van der Waals surface area contributed by atoms with Gasteiger partial charge in [-0.2, -0.15) is 10.1 Å². The van der Waals surface area contributed by atoms with E-state index in [2.05, 4.69) is 27.7 Å². The quantitative estimate of drug-likeness (QED) is 0.395. The number of carbonyl (C=O) groups excluding carboxylic acids is 1. The Balaban J connectivity index is 1.65. The highest BCUT2D eigenvalue weighted by molar-refractivity contribution is 14.1. The molecule has 4 rings (SSSR count). The summed E-state index contributed by atoms with van der Waals surface area (Å²) in [6.45, 7) is 1.83. The van der Waals surface area contributed by atoms with E-state index < -0.39 is 0 Å². The summed E-state index contributed by atoms with van der Waals surface area (Å²) in [7, 11) is 0. The van der Waals surface area contributed by atoms with Crippen LogP contribution in [0, 0.1) is 3.57 Å². The number of hydrogen-bond acceptors (Lipinski definition) is 3. The lowest BCUT2D eigenvalue weighted by Crippen LogP contribution is -2.21. The normalized spacial score (nSPS) is 15.6. The van der Waals surface area contributed by atoms with Crippen molar-refractivity contribution < 1.29 is 9.21 Å². The number of hydrogen-bond donors (Lipinski definition) is 0. The fraction of sp³-hybridized carbons (Fsp3) is 0.0476. The maximum atomic E-state index is 12.8. The highest BCUT2D eigenvalue weighted by Crippen LogP contribution is 2.29. The van der Waals surface area contributed by atoms with Crippen LogP contribution in [-0.4, -0.2) is 11.6 Å². The van der Waals surface area contributed by atoms with Gasteiger partial charge in [-0.15, -0.1) is 0 Å². The molecule has 0 saturated carbocycles. The van der Waals surface area contributed by atoms with E-state index in [-0.39, 0.29) is 5.91 Å². The zero-order chi connectivity index (χ0) is 18.1. The number of halogens is 1. The average Bonchev–Trinajstić information content (AvgIpc) is 3.23. The SMILES string of the molecule is CC1=NN(c2ccccc2)C(=O)/C1=C/c1ccc(-c2ccccc2I)o1. The van der Waals surface area contributed by atoms with Crippen molar-refractivity contribution in [2.75, 3.05) is 5.01 Å². The van der Waals surface area contributed by atoms with Crippen LogP contribution in [0.4, 0.5) is 5.69 Å². The first-order valence-electron chi connectivity index (χ1n) is 8.15. The molecule has 128 valence electrons. The predicted octanol–water partition coefficient (Wildman–Crippen LogP) is 5.36. The summed E-state index contributed by atoms with van der Waals surface area (Å²) in [6, 6.07) is 21.2. The topological polar surface area (TPSA) is 45.8 Å². The van der Waals surface area contributed by atoms with E-state index in [4.69, 9.17) is 4.42 Å². The summed E-state index contributed by atoms with van der Waals surface area (Å²) >= 11 is 2.28. The van der Waals surface area contributed by atoms with Crippen LogP contribution in [0.2, 0.25) is 0 Å². The molecule has 0 radical (unpaired) electrons. The number of nitrogens with zero attached hydrogens (tertiary/aromatic N) is 2. The molecule has 1 amide bonds. The summed E-state index contributed by atoms with van der Waals surface area (Å²) in [5, 5.41) is 5.81. The third kappa shape index (κ3) is 3.10. The predicted molar refractivity (Wildman–Crippen MR) is 112 cm³/mol. The Morgan fingerprint density at radius 1 is 1.00 bits per heavy atom. The molecule has 0 spiro atoms.